The molecular weight excluding hydrogens is 394 g/mol. The third-order valence-electron chi connectivity index (χ3n) is 4.14. The van der Waals surface area contributed by atoms with E-state index in [2.05, 4.69) is 20.9 Å². The lowest BCUT2D eigenvalue weighted by molar-refractivity contribution is -0.129. The third-order valence-corrected chi connectivity index (χ3v) is 4.67. The molecule has 26 heavy (non-hydrogen) atoms. The van der Waals surface area contributed by atoms with Gasteiger partial charge in [-0.05, 0) is 47.2 Å². The van der Waals surface area contributed by atoms with Crippen LogP contribution in [0.2, 0.25) is 0 Å². The first-order valence-corrected chi connectivity index (χ1v) is 8.79. The van der Waals surface area contributed by atoms with E-state index in [-0.39, 0.29) is 5.70 Å². The molecule has 0 N–H and O–H groups in total. The molecule has 1 aliphatic heterocycles. The molecule has 4 rings (SSSR count). The monoisotopic (exact) mass is 407 g/mol. The van der Waals surface area contributed by atoms with E-state index in [9.17, 15) is 4.79 Å². The summed E-state index contributed by atoms with van der Waals surface area (Å²) in [7, 11) is 1.61. The van der Waals surface area contributed by atoms with E-state index in [1.54, 1.807) is 13.2 Å². The number of halogens is 1. The smallest absolute Gasteiger partial charge is 0.363 e. The number of hydrogen-bond donors (Lipinski definition) is 0. The van der Waals surface area contributed by atoms with Gasteiger partial charge in [-0.3, -0.25) is 0 Å². The van der Waals surface area contributed by atoms with Crippen molar-refractivity contribution in [1.29, 1.82) is 0 Å². The third kappa shape index (κ3) is 3.02. The topological polar surface area (TPSA) is 47.9 Å². The molecule has 3 aromatic rings. The molecule has 0 radical (unpaired) electrons. The molecule has 0 unspecified atom stereocenters. The van der Waals surface area contributed by atoms with Gasteiger partial charge in [-0.1, -0.05) is 46.3 Å². The number of methoxy groups -OCH3 is 1. The van der Waals surface area contributed by atoms with Crippen molar-refractivity contribution in [2.24, 2.45) is 4.99 Å². The highest BCUT2D eigenvalue weighted by Gasteiger charge is 2.25. The van der Waals surface area contributed by atoms with Crippen LogP contribution in [0.5, 0.6) is 5.75 Å². The van der Waals surface area contributed by atoms with Crippen molar-refractivity contribution >= 4 is 44.6 Å². The normalized spacial score (nSPS) is 15.2. The molecule has 128 valence electrons. The fraction of sp³-hybridized carbons (Fsp3) is 0.0476. The van der Waals surface area contributed by atoms with Crippen LogP contribution in [-0.2, 0) is 9.53 Å². The number of aliphatic imine (C=N–C) groups is 1. The Bertz CT molecular complexity index is 1070. The van der Waals surface area contributed by atoms with Gasteiger partial charge in [0, 0.05) is 15.6 Å². The van der Waals surface area contributed by atoms with E-state index in [1.807, 2.05) is 60.7 Å². The van der Waals surface area contributed by atoms with E-state index >= 15 is 0 Å². The maximum Gasteiger partial charge on any atom is 0.363 e. The van der Waals surface area contributed by atoms with Crippen LogP contribution in [-0.4, -0.2) is 19.0 Å². The molecule has 0 saturated heterocycles. The molecule has 0 aromatic heterocycles. The summed E-state index contributed by atoms with van der Waals surface area (Å²) in [5.41, 5.74) is 1.80. The van der Waals surface area contributed by atoms with Crippen molar-refractivity contribution in [1.82, 2.24) is 0 Å². The number of ether oxygens (including phenoxy) is 2. The SMILES string of the molecule is COc1ccc2ccccc2c1C=C1N=C(c2ccc(Br)cc2)OC1=O. The van der Waals surface area contributed by atoms with Crippen LogP contribution in [0.15, 0.2) is 75.8 Å². The number of carbonyl (C=O) groups is 1. The highest BCUT2D eigenvalue weighted by atomic mass is 79.9. The number of rotatable bonds is 3. The van der Waals surface area contributed by atoms with Crippen molar-refractivity contribution in [3.63, 3.8) is 0 Å². The molecule has 0 amide bonds. The van der Waals surface area contributed by atoms with Gasteiger partial charge in [-0.25, -0.2) is 9.79 Å². The largest absolute Gasteiger partial charge is 0.496 e. The summed E-state index contributed by atoms with van der Waals surface area (Å²) in [4.78, 5) is 16.7. The molecule has 1 aliphatic rings. The van der Waals surface area contributed by atoms with Crippen LogP contribution in [0.1, 0.15) is 11.1 Å². The van der Waals surface area contributed by atoms with E-state index in [0.717, 1.165) is 26.4 Å². The fourth-order valence-corrected chi connectivity index (χ4v) is 3.13. The van der Waals surface area contributed by atoms with E-state index < -0.39 is 5.97 Å². The molecule has 0 bridgehead atoms. The van der Waals surface area contributed by atoms with Crippen molar-refractivity contribution in [2.75, 3.05) is 7.11 Å². The molecule has 0 atom stereocenters. The zero-order valence-corrected chi connectivity index (χ0v) is 15.5. The number of cyclic esters (lactones) is 1. The molecule has 1 heterocycles. The average Bonchev–Trinajstić information content (AvgIpc) is 3.03. The summed E-state index contributed by atoms with van der Waals surface area (Å²) in [6, 6.07) is 19.2. The maximum atomic E-state index is 12.3. The van der Waals surface area contributed by atoms with Gasteiger partial charge in [0.25, 0.3) is 0 Å². The molecule has 0 aliphatic carbocycles. The standard InChI is InChI=1S/C21H14BrNO3/c1-25-19-11-8-13-4-2-3-5-16(13)17(19)12-18-21(24)26-20(23-18)14-6-9-15(22)10-7-14/h2-12H,1H3. The minimum atomic E-state index is -0.474. The van der Waals surface area contributed by atoms with Gasteiger partial charge in [0.2, 0.25) is 5.90 Å². The molecule has 0 saturated carbocycles. The quantitative estimate of drug-likeness (QED) is 0.455. The Morgan fingerprint density at radius 3 is 2.58 bits per heavy atom. The Balaban J connectivity index is 1.82. The van der Waals surface area contributed by atoms with Gasteiger partial charge in [0.15, 0.2) is 5.70 Å². The highest BCUT2D eigenvalue weighted by Crippen LogP contribution is 2.31. The van der Waals surface area contributed by atoms with Crippen molar-refractivity contribution in [3.05, 3.63) is 82.0 Å². The van der Waals surface area contributed by atoms with E-state index in [4.69, 9.17) is 9.47 Å². The van der Waals surface area contributed by atoms with Gasteiger partial charge in [-0.15, -0.1) is 0 Å². The maximum absolute atomic E-state index is 12.3. The predicted molar refractivity (Wildman–Crippen MR) is 105 cm³/mol. The zero-order chi connectivity index (χ0) is 18.1. The van der Waals surface area contributed by atoms with Crippen molar-refractivity contribution in [3.8, 4) is 5.75 Å². The van der Waals surface area contributed by atoms with Crippen LogP contribution in [0.4, 0.5) is 0 Å². The summed E-state index contributed by atoms with van der Waals surface area (Å²) in [5, 5.41) is 2.04. The molecule has 0 spiro atoms. The van der Waals surface area contributed by atoms with Crippen molar-refractivity contribution in [2.45, 2.75) is 0 Å². The molecule has 5 heteroatoms. The highest BCUT2D eigenvalue weighted by molar-refractivity contribution is 9.10. The number of benzene rings is 3. The Kier molecular flexibility index (Phi) is 4.31. The summed E-state index contributed by atoms with van der Waals surface area (Å²) in [6.07, 6.45) is 1.72. The molecule has 4 nitrogen and oxygen atoms in total. The summed E-state index contributed by atoms with van der Waals surface area (Å²) in [6.45, 7) is 0. The average molecular weight is 408 g/mol. The predicted octanol–water partition coefficient (Wildman–Crippen LogP) is 4.96. The summed E-state index contributed by atoms with van der Waals surface area (Å²) < 4.78 is 11.8. The number of hydrogen-bond acceptors (Lipinski definition) is 4. The number of fused-ring (bicyclic) bond motifs is 1. The number of nitrogens with zero attached hydrogens (tertiary/aromatic N) is 1. The van der Waals surface area contributed by atoms with Gasteiger partial charge >= 0.3 is 5.97 Å². The van der Waals surface area contributed by atoms with Gasteiger partial charge in [0.1, 0.15) is 5.75 Å². The van der Waals surface area contributed by atoms with Gasteiger partial charge in [-0.2, -0.15) is 0 Å². The van der Waals surface area contributed by atoms with Crippen LogP contribution in [0.25, 0.3) is 16.8 Å². The van der Waals surface area contributed by atoms with Gasteiger partial charge < -0.3 is 9.47 Å². The Morgan fingerprint density at radius 1 is 1.04 bits per heavy atom. The molecular formula is C21H14BrNO3. The lowest BCUT2D eigenvalue weighted by atomic mass is 10.0. The van der Waals surface area contributed by atoms with Crippen molar-refractivity contribution < 1.29 is 14.3 Å². The second-order valence-electron chi connectivity index (χ2n) is 5.75. The van der Waals surface area contributed by atoms with Gasteiger partial charge in [0.05, 0.1) is 7.11 Å². The zero-order valence-electron chi connectivity index (χ0n) is 13.9. The van der Waals surface area contributed by atoms with Crippen LogP contribution >= 0.6 is 15.9 Å². The Morgan fingerprint density at radius 2 is 1.81 bits per heavy atom. The lowest BCUT2D eigenvalue weighted by Gasteiger charge is -2.08. The minimum Gasteiger partial charge on any atom is -0.496 e. The summed E-state index contributed by atoms with van der Waals surface area (Å²) in [5.74, 6) is 0.502. The van der Waals surface area contributed by atoms with Crippen LogP contribution in [0.3, 0.4) is 0 Å². The van der Waals surface area contributed by atoms with E-state index in [0.29, 0.717) is 11.6 Å². The second kappa shape index (κ2) is 6.77. The lowest BCUT2D eigenvalue weighted by Crippen LogP contribution is -2.05. The summed E-state index contributed by atoms with van der Waals surface area (Å²) >= 11 is 3.39. The fourth-order valence-electron chi connectivity index (χ4n) is 2.86. The minimum absolute atomic E-state index is 0.248. The van der Waals surface area contributed by atoms with Crippen LogP contribution < -0.4 is 4.74 Å². The molecule has 0 fully saturated rings. The first kappa shape index (κ1) is 16.5. The second-order valence-corrected chi connectivity index (χ2v) is 6.66. The first-order chi connectivity index (χ1) is 12.7. The molecule has 3 aromatic carbocycles. The van der Waals surface area contributed by atoms with Crippen LogP contribution in [0, 0.1) is 0 Å². The Hall–Kier alpha value is -2.92. The first-order valence-electron chi connectivity index (χ1n) is 8.00. The number of carbonyl (C=O) groups excluding carboxylic acids is 1. The Labute approximate surface area is 158 Å². The number of esters is 1. The van der Waals surface area contributed by atoms with E-state index in [1.165, 1.54) is 0 Å².